The van der Waals surface area contributed by atoms with E-state index in [1.165, 1.54) is 6.33 Å². The topological polar surface area (TPSA) is 95.4 Å². The maximum atomic E-state index is 12.1. The Morgan fingerprint density at radius 3 is 3.00 bits per heavy atom. The predicted octanol–water partition coefficient (Wildman–Crippen LogP) is 0.873. The largest absolute Gasteiger partial charge is 0.481 e. The lowest BCUT2D eigenvalue weighted by molar-refractivity contribution is -0.150. The molecule has 1 aromatic heterocycles. The zero-order valence-electron chi connectivity index (χ0n) is 11.4. The number of rotatable bonds is 3. The van der Waals surface area contributed by atoms with Crippen molar-refractivity contribution in [2.45, 2.75) is 26.3 Å². The number of piperidine rings is 1. The lowest BCUT2D eigenvalue weighted by Gasteiger charge is -2.37. The molecule has 2 N–H and O–H groups in total. The van der Waals surface area contributed by atoms with E-state index in [-0.39, 0.29) is 12.6 Å². The van der Waals surface area contributed by atoms with Crippen LogP contribution in [-0.4, -0.2) is 45.1 Å². The van der Waals surface area contributed by atoms with E-state index in [0.717, 1.165) is 0 Å². The van der Waals surface area contributed by atoms with Crippen molar-refractivity contribution in [3.8, 4) is 0 Å². The van der Waals surface area contributed by atoms with Gasteiger partial charge in [-0.3, -0.25) is 4.79 Å². The minimum Gasteiger partial charge on any atom is -0.481 e. The molecule has 0 aliphatic carbocycles. The van der Waals surface area contributed by atoms with Crippen LogP contribution in [0.2, 0.25) is 0 Å². The smallest absolute Gasteiger partial charge is 0.317 e. The predicted molar refractivity (Wildman–Crippen MR) is 70.8 cm³/mol. The van der Waals surface area contributed by atoms with Gasteiger partial charge in [0, 0.05) is 19.3 Å². The summed E-state index contributed by atoms with van der Waals surface area (Å²) in [7, 11) is 0. The Labute approximate surface area is 117 Å². The first-order chi connectivity index (χ1) is 9.51. The van der Waals surface area contributed by atoms with Crippen LogP contribution in [0.3, 0.4) is 0 Å². The van der Waals surface area contributed by atoms with Gasteiger partial charge in [0.15, 0.2) is 0 Å². The third kappa shape index (κ3) is 3.23. The van der Waals surface area contributed by atoms with Crippen LogP contribution in [0.15, 0.2) is 18.6 Å². The number of nitrogens with zero attached hydrogens (tertiary/aromatic N) is 3. The Morgan fingerprint density at radius 1 is 1.55 bits per heavy atom. The molecule has 2 heterocycles. The monoisotopic (exact) mass is 278 g/mol. The van der Waals surface area contributed by atoms with E-state index in [1.807, 2.05) is 0 Å². The molecule has 0 bridgehead atoms. The molecular formula is C13H18N4O3. The zero-order chi connectivity index (χ0) is 14.6. The van der Waals surface area contributed by atoms with Crippen molar-refractivity contribution >= 4 is 12.0 Å². The standard InChI is InChI=1S/C13H18N4O3/c1-13(11(18)19)4-2-6-17(8-13)12(20)15-7-10-3-5-14-9-16-10/h3,5,9H,2,4,6-8H2,1H3,(H,15,20)(H,18,19). The second kappa shape index (κ2) is 5.85. The van der Waals surface area contributed by atoms with Crippen LogP contribution >= 0.6 is 0 Å². The molecule has 108 valence electrons. The van der Waals surface area contributed by atoms with Crippen LogP contribution in [0, 0.1) is 5.41 Å². The van der Waals surface area contributed by atoms with E-state index >= 15 is 0 Å². The lowest BCUT2D eigenvalue weighted by atomic mass is 9.82. The van der Waals surface area contributed by atoms with E-state index in [9.17, 15) is 14.7 Å². The normalized spacial score (nSPS) is 22.4. The Bertz CT molecular complexity index is 494. The first-order valence-corrected chi connectivity index (χ1v) is 6.52. The molecule has 20 heavy (non-hydrogen) atoms. The molecule has 7 heteroatoms. The molecule has 0 spiro atoms. The Hall–Kier alpha value is -2.18. The maximum Gasteiger partial charge on any atom is 0.317 e. The van der Waals surface area contributed by atoms with Crippen LogP contribution in [0.25, 0.3) is 0 Å². The quantitative estimate of drug-likeness (QED) is 0.855. The molecular weight excluding hydrogens is 260 g/mol. The van der Waals surface area contributed by atoms with Gasteiger partial charge in [-0.2, -0.15) is 0 Å². The van der Waals surface area contributed by atoms with Crippen LogP contribution in [0.1, 0.15) is 25.5 Å². The second-order valence-electron chi connectivity index (χ2n) is 5.25. The van der Waals surface area contributed by atoms with Gasteiger partial charge >= 0.3 is 12.0 Å². The van der Waals surface area contributed by atoms with Gasteiger partial charge in [-0.25, -0.2) is 14.8 Å². The minimum absolute atomic E-state index is 0.234. The number of carbonyl (C=O) groups is 2. The van der Waals surface area contributed by atoms with Gasteiger partial charge in [0.05, 0.1) is 17.7 Å². The number of likely N-dealkylation sites (tertiary alicyclic amines) is 1. The first kappa shape index (κ1) is 14.2. The highest BCUT2D eigenvalue weighted by Crippen LogP contribution is 2.29. The number of aromatic nitrogens is 2. The highest BCUT2D eigenvalue weighted by molar-refractivity contribution is 5.78. The van der Waals surface area contributed by atoms with Gasteiger partial charge in [0.2, 0.25) is 0 Å². The third-order valence-corrected chi connectivity index (χ3v) is 3.56. The van der Waals surface area contributed by atoms with E-state index in [0.29, 0.717) is 31.6 Å². The molecule has 1 aromatic rings. The molecule has 2 amide bonds. The number of carboxylic acids is 1. The number of hydrogen-bond acceptors (Lipinski definition) is 4. The van der Waals surface area contributed by atoms with E-state index in [1.54, 1.807) is 24.1 Å². The van der Waals surface area contributed by atoms with Crippen LogP contribution in [-0.2, 0) is 11.3 Å². The van der Waals surface area contributed by atoms with Crippen molar-refractivity contribution < 1.29 is 14.7 Å². The number of urea groups is 1. The molecule has 1 unspecified atom stereocenters. The van der Waals surface area contributed by atoms with E-state index in [4.69, 9.17) is 0 Å². The molecule has 1 aliphatic heterocycles. The Kier molecular flexibility index (Phi) is 4.16. The van der Waals surface area contributed by atoms with Gasteiger partial charge < -0.3 is 15.3 Å². The number of amides is 2. The van der Waals surface area contributed by atoms with Crippen LogP contribution in [0.4, 0.5) is 4.79 Å². The van der Waals surface area contributed by atoms with Crippen molar-refractivity contribution in [2.24, 2.45) is 5.41 Å². The molecule has 1 atom stereocenters. The highest BCUT2D eigenvalue weighted by Gasteiger charge is 2.39. The summed E-state index contributed by atoms with van der Waals surface area (Å²) in [6, 6.07) is 1.47. The molecule has 1 saturated heterocycles. The summed E-state index contributed by atoms with van der Waals surface area (Å²) in [6.45, 7) is 2.80. The van der Waals surface area contributed by atoms with Crippen molar-refractivity contribution in [3.63, 3.8) is 0 Å². The van der Waals surface area contributed by atoms with E-state index in [2.05, 4.69) is 15.3 Å². The summed E-state index contributed by atoms with van der Waals surface area (Å²) in [4.78, 5) is 32.7. The summed E-state index contributed by atoms with van der Waals surface area (Å²) in [5.74, 6) is -0.856. The Morgan fingerprint density at radius 2 is 2.35 bits per heavy atom. The average molecular weight is 278 g/mol. The van der Waals surface area contributed by atoms with Gasteiger partial charge in [0.25, 0.3) is 0 Å². The molecule has 0 radical (unpaired) electrons. The zero-order valence-corrected chi connectivity index (χ0v) is 11.4. The summed E-state index contributed by atoms with van der Waals surface area (Å²) in [5, 5.41) is 12.0. The summed E-state index contributed by atoms with van der Waals surface area (Å²) in [6.07, 6.45) is 4.32. The number of carboxylic acid groups (broad SMARTS) is 1. The van der Waals surface area contributed by atoms with Crippen LogP contribution in [0.5, 0.6) is 0 Å². The molecule has 7 nitrogen and oxygen atoms in total. The maximum absolute atomic E-state index is 12.1. The van der Waals surface area contributed by atoms with Crippen molar-refractivity contribution in [1.29, 1.82) is 0 Å². The average Bonchev–Trinajstić information content (AvgIpc) is 2.46. The fraction of sp³-hybridized carbons (Fsp3) is 0.538. The summed E-state index contributed by atoms with van der Waals surface area (Å²) < 4.78 is 0. The number of nitrogens with one attached hydrogen (secondary N) is 1. The SMILES string of the molecule is CC1(C(=O)O)CCCN(C(=O)NCc2ccncn2)C1. The van der Waals surface area contributed by atoms with Gasteiger partial charge in [-0.15, -0.1) is 0 Å². The second-order valence-corrected chi connectivity index (χ2v) is 5.25. The molecule has 0 saturated carbocycles. The third-order valence-electron chi connectivity index (χ3n) is 3.56. The molecule has 2 rings (SSSR count). The number of hydrogen-bond donors (Lipinski definition) is 2. The highest BCUT2D eigenvalue weighted by atomic mass is 16.4. The molecule has 1 fully saturated rings. The first-order valence-electron chi connectivity index (χ1n) is 6.52. The Balaban J connectivity index is 1.91. The van der Waals surface area contributed by atoms with Gasteiger partial charge in [-0.05, 0) is 25.8 Å². The number of aliphatic carboxylic acids is 1. The van der Waals surface area contributed by atoms with Crippen molar-refractivity contribution in [1.82, 2.24) is 20.2 Å². The fourth-order valence-corrected chi connectivity index (χ4v) is 2.29. The fourth-order valence-electron chi connectivity index (χ4n) is 2.29. The lowest BCUT2D eigenvalue weighted by Crippen LogP contribution is -2.51. The van der Waals surface area contributed by atoms with Crippen molar-refractivity contribution in [2.75, 3.05) is 13.1 Å². The molecule has 1 aliphatic rings. The van der Waals surface area contributed by atoms with Crippen LogP contribution < -0.4 is 5.32 Å². The van der Waals surface area contributed by atoms with Gasteiger partial charge in [0.1, 0.15) is 6.33 Å². The van der Waals surface area contributed by atoms with Gasteiger partial charge in [-0.1, -0.05) is 0 Å². The minimum atomic E-state index is -0.857. The molecule has 0 aromatic carbocycles. The van der Waals surface area contributed by atoms with E-state index < -0.39 is 11.4 Å². The van der Waals surface area contributed by atoms with Crippen molar-refractivity contribution in [3.05, 3.63) is 24.3 Å². The summed E-state index contributed by atoms with van der Waals surface area (Å²) in [5.41, 5.74) is -0.142. The number of carbonyl (C=O) groups excluding carboxylic acids is 1. The summed E-state index contributed by atoms with van der Waals surface area (Å²) >= 11 is 0.